The van der Waals surface area contributed by atoms with Crippen molar-refractivity contribution in [2.24, 2.45) is 11.8 Å². The number of benzene rings is 1. The van der Waals surface area contributed by atoms with Crippen molar-refractivity contribution in [3.63, 3.8) is 0 Å². The van der Waals surface area contributed by atoms with Crippen LogP contribution in [0.4, 0.5) is 0 Å². The lowest BCUT2D eigenvalue weighted by Crippen LogP contribution is -2.52. The molecule has 0 N–H and O–H groups in total. The third kappa shape index (κ3) is 4.08. The van der Waals surface area contributed by atoms with Gasteiger partial charge in [-0.3, -0.25) is 9.59 Å². The van der Waals surface area contributed by atoms with Gasteiger partial charge >= 0.3 is 0 Å². The second-order valence-electron chi connectivity index (χ2n) is 9.30. The van der Waals surface area contributed by atoms with Crippen molar-refractivity contribution in [3.8, 4) is 5.75 Å². The molecule has 3 aliphatic heterocycles. The fourth-order valence-electron chi connectivity index (χ4n) is 5.57. The lowest BCUT2D eigenvalue weighted by molar-refractivity contribution is -0.139. The van der Waals surface area contributed by atoms with Gasteiger partial charge in [-0.25, -0.2) is 8.42 Å². The fraction of sp³-hybridized carbons (Fsp3) is 0.500. The molecule has 3 aliphatic rings. The van der Waals surface area contributed by atoms with Gasteiger partial charge in [0.25, 0.3) is 5.56 Å². The highest BCUT2D eigenvalue weighted by Crippen LogP contribution is 2.36. The number of pyridine rings is 1. The van der Waals surface area contributed by atoms with Crippen LogP contribution in [-0.4, -0.2) is 61.4 Å². The number of aromatic nitrogens is 1. The van der Waals surface area contributed by atoms with Gasteiger partial charge in [-0.05, 0) is 55.5 Å². The van der Waals surface area contributed by atoms with Crippen LogP contribution in [0.15, 0.2) is 52.2 Å². The molecule has 4 heterocycles. The Kier molecular flexibility index (Phi) is 5.78. The lowest BCUT2D eigenvalue weighted by atomic mass is 9.82. The molecular formula is C24H29N3O5S. The van der Waals surface area contributed by atoms with E-state index in [2.05, 4.69) is 0 Å². The third-order valence-electron chi connectivity index (χ3n) is 7.29. The zero-order chi connectivity index (χ0) is 23.2. The lowest BCUT2D eigenvalue weighted by Gasteiger charge is -2.44. The number of hydrogen-bond acceptors (Lipinski definition) is 5. The van der Waals surface area contributed by atoms with Gasteiger partial charge in [-0.15, -0.1) is 0 Å². The molecule has 0 aliphatic carbocycles. The summed E-state index contributed by atoms with van der Waals surface area (Å²) >= 11 is 0. The molecule has 1 aromatic carbocycles. The predicted octanol–water partition coefficient (Wildman–Crippen LogP) is 1.90. The van der Waals surface area contributed by atoms with Gasteiger partial charge in [0.05, 0.1) is 12.0 Å². The molecule has 0 radical (unpaired) electrons. The highest BCUT2D eigenvalue weighted by atomic mass is 32.2. The molecule has 1 amide bonds. The largest absolute Gasteiger partial charge is 0.497 e. The average Bonchev–Trinajstić information content (AvgIpc) is 2.84. The Bertz CT molecular complexity index is 1200. The van der Waals surface area contributed by atoms with Crippen molar-refractivity contribution < 1.29 is 17.9 Å². The summed E-state index contributed by atoms with van der Waals surface area (Å²) in [5, 5.41) is 0. The van der Waals surface area contributed by atoms with Crippen molar-refractivity contribution in [1.29, 1.82) is 0 Å². The standard InChI is InChI=1S/C24H29N3O5S/c1-32-20-5-7-21(8-6-20)33(30,31)26-11-9-18(10-12-26)24(29)25-14-17-13-19(16-25)22-3-2-4-23(28)27(22)15-17/h2-8,17-19H,9-16H2,1H3. The number of carbonyl (C=O) groups excluding carboxylic acids is 1. The molecular weight excluding hydrogens is 442 g/mol. The van der Waals surface area contributed by atoms with Gasteiger partial charge in [0.2, 0.25) is 15.9 Å². The van der Waals surface area contributed by atoms with E-state index in [1.165, 1.54) is 4.31 Å². The van der Waals surface area contributed by atoms with Crippen LogP contribution in [0.25, 0.3) is 0 Å². The first-order chi connectivity index (χ1) is 15.9. The van der Waals surface area contributed by atoms with Gasteiger partial charge < -0.3 is 14.2 Å². The van der Waals surface area contributed by atoms with Crippen molar-refractivity contribution in [2.45, 2.75) is 36.6 Å². The van der Waals surface area contributed by atoms with Crippen molar-refractivity contribution >= 4 is 15.9 Å². The van der Waals surface area contributed by atoms with Gasteiger partial charge in [0.1, 0.15) is 5.75 Å². The van der Waals surface area contributed by atoms with E-state index in [0.717, 1.165) is 12.1 Å². The molecule has 2 atom stereocenters. The second-order valence-corrected chi connectivity index (χ2v) is 11.2. The summed E-state index contributed by atoms with van der Waals surface area (Å²) < 4.78 is 34.5. The summed E-state index contributed by atoms with van der Waals surface area (Å²) in [6, 6.07) is 11.8. The molecule has 176 valence electrons. The number of hydrogen-bond donors (Lipinski definition) is 0. The minimum absolute atomic E-state index is 0.0346. The minimum Gasteiger partial charge on any atom is -0.497 e. The maximum absolute atomic E-state index is 13.3. The molecule has 2 unspecified atom stereocenters. The Morgan fingerprint density at radius 2 is 1.73 bits per heavy atom. The summed E-state index contributed by atoms with van der Waals surface area (Å²) in [7, 11) is -2.05. The summed E-state index contributed by atoms with van der Waals surface area (Å²) in [5.41, 5.74) is 1.06. The number of nitrogens with zero attached hydrogens (tertiary/aromatic N) is 3. The Morgan fingerprint density at radius 1 is 1.00 bits per heavy atom. The average molecular weight is 472 g/mol. The summed E-state index contributed by atoms with van der Waals surface area (Å²) in [4.78, 5) is 27.8. The molecule has 1 aromatic heterocycles. The zero-order valence-electron chi connectivity index (χ0n) is 18.7. The number of fused-ring (bicyclic) bond motifs is 4. The second kappa shape index (κ2) is 8.61. The summed E-state index contributed by atoms with van der Waals surface area (Å²) in [5.74, 6) is 1.04. The van der Waals surface area contributed by atoms with Crippen molar-refractivity contribution in [3.05, 3.63) is 58.5 Å². The van der Waals surface area contributed by atoms with Crippen LogP contribution in [0.5, 0.6) is 5.75 Å². The number of ether oxygens (including phenoxy) is 1. The van der Waals surface area contributed by atoms with Crippen LogP contribution >= 0.6 is 0 Å². The van der Waals surface area contributed by atoms with E-state index in [1.807, 2.05) is 15.5 Å². The van der Waals surface area contributed by atoms with E-state index in [4.69, 9.17) is 4.74 Å². The van der Waals surface area contributed by atoms with Crippen LogP contribution in [-0.2, 0) is 21.4 Å². The number of likely N-dealkylation sites (tertiary alicyclic amines) is 1. The van der Waals surface area contributed by atoms with Crippen LogP contribution in [0, 0.1) is 11.8 Å². The number of carbonyl (C=O) groups is 1. The van der Waals surface area contributed by atoms with E-state index in [-0.39, 0.29) is 34.1 Å². The van der Waals surface area contributed by atoms with E-state index in [0.29, 0.717) is 51.3 Å². The van der Waals surface area contributed by atoms with Crippen LogP contribution < -0.4 is 10.3 Å². The minimum atomic E-state index is -3.59. The quantitative estimate of drug-likeness (QED) is 0.680. The molecule has 33 heavy (non-hydrogen) atoms. The van der Waals surface area contributed by atoms with E-state index < -0.39 is 10.0 Å². The first-order valence-corrected chi connectivity index (χ1v) is 12.9. The van der Waals surface area contributed by atoms with Crippen molar-refractivity contribution in [2.75, 3.05) is 33.3 Å². The third-order valence-corrected chi connectivity index (χ3v) is 9.20. The normalized spacial score (nSPS) is 23.7. The smallest absolute Gasteiger partial charge is 0.250 e. The number of rotatable bonds is 4. The van der Waals surface area contributed by atoms with Gasteiger partial charge in [-0.1, -0.05) is 6.07 Å². The summed E-state index contributed by atoms with van der Waals surface area (Å²) in [6.07, 6.45) is 2.05. The van der Waals surface area contributed by atoms with Gasteiger partial charge in [0.15, 0.2) is 0 Å². The van der Waals surface area contributed by atoms with Crippen molar-refractivity contribution in [1.82, 2.24) is 13.8 Å². The fourth-order valence-corrected chi connectivity index (χ4v) is 7.04. The highest BCUT2D eigenvalue weighted by molar-refractivity contribution is 7.89. The molecule has 2 bridgehead atoms. The maximum Gasteiger partial charge on any atom is 0.250 e. The molecule has 2 aromatic rings. The number of sulfonamides is 1. The van der Waals surface area contributed by atoms with Crippen LogP contribution in [0.2, 0.25) is 0 Å². The zero-order valence-corrected chi connectivity index (χ0v) is 19.5. The monoisotopic (exact) mass is 471 g/mol. The van der Waals surface area contributed by atoms with Crippen LogP contribution in [0.3, 0.4) is 0 Å². The van der Waals surface area contributed by atoms with Gasteiger partial charge in [-0.2, -0.15) is 4.31 Å². The topological polar surface area (TPSA) is 88.9 Å². The number of piperidine rings is 2. The molecule has 0 spiro atoms. The molecule has 2 saturated heterocycles. The van der Waals surface area contributed by atoms with E-state index >= 15 is 0 Å². The maximum atomic E-state index is 13.3. The molecule has 8 nitrogen and oxygen atoms in total. The molecule has 9 heteroatoms. The Hall–Kier alpha value is -2.65. The highest BCUT2D eigenvalue weighted by Gasteiger charge is 2.39. The van der Waals surface area contributed by atoms with Gasteiger partial charge in [0, 0.05) is 56.3 Å². The first-order valence-electron chi connectivity index (χ1n) is 11.5. The Morgan fingerprint density at radius 3 is 2.42 bits per heavy atom. The summed E-state index contributed by atoms with van der Waals surface area (Å²) in [6.45, 7) is 2.63. The first kappa shape index (κ1) is 22.2. The molecule has 5 rings (SSSR count). The number of methoxy groups -OCH3 is 1. The predicted molar refractivity (Wildman–Crippen MR) is 123 cm³/mol. The molecule has 0 saturated carbocycles. The SMILES string of the molecule is COc1ccc(S(=O)(=O)N2CCC(C(=O)N3CC4CC(C3)c3cccc(=O)n3C4)CC2)cc1. The Labute approximate surface area is 193 Å². The number of amides is 1. The van der Waals surface area contributed by atoms with E-state index in [9.17, 15) is 18.0 Å². The van der Waals surface area contributed by atoms with E-state index in [1.54, 1.807) is 43.5 Å². The molecule has 2 fully saturated rings. The Balaban J connectivity index is 1.23. The van der Waals surface area contributed by atoms with Crippen LogP contribution in [0.1, 0.15) is 30.9 Å².